The molecule has 1 N–H and O–H groups in total. The molecule has 1 aliphatic heterocycles. The largest absolute Gasteiger partial charge is 0.387 e. The number of rotatable bonds is 7. The van der Waals surface area contributed by atoms with Crippen LogP contribution in [0.2, 0.25) is 0 Å². The normalized spacial score (nSPS) is 20.1. The van der Waals surface area contributed by atoms with Crippen molar-refractivity contribution in [3.8, 4) is 0 Å². The van der Waals surface area contributed by atoms with Gasteiger partial charge in [-0.1, -0.05) is 23.4 Å². The Morgan fingerprint density at radius 2 is 2.12 bits per heavy atom. The summed E-state index contributed by atoms with van der Waals surface area (Å²) in [5.74, 6) is 1.40. The molecule has 7 heteroatoms. The molecule has 1 aliphatic carbocycles. The first-order valence-electron chi connectivity index (χ1n) is 8.28. The van der Waals surface area contributed by atoms with Crippen molar-refractivity contribution in [1.29, 1.82) is 0 Å². The van der Waals surface area contributed by atoms with E-state index >= 15 is 0 Å². The van der Waals surface area contributed by atoms with Crippen LogP contribution in [0, 0.1) is 5.82 Å². The van der Waals surface area contributed by atoms with Crippen LogP contribution in [-0.2, 0) is 11.3 Å². The number of halogens is 1. The van der Waals surface area contributed by atoms with Gasteiger partial charge in [-0.05, 0) is 18.9 Å². The van der Waals surface area contributed by atoms with Crippen LogP contribution in [0.1, 0.15) is 42.1 Å². The Morgan fingerprint density at radius 1 is 1.33 bits per heavy atom. The van der Waals surface area contributed by atoms with E-state index in [-0.39, 0.29) is 11.9 Å². The molecule has 1 saturated heterocycles. The van der Waals surface area contributed by atoms with Crippen LogP contribution in [0.5, 0.6) is 0 Å². The van der Waals surface area contributed by atoms with E-state index in [4.69, 9.17) is 9.26 Å². The SMILES string of the molecule is OC(CN1CC(OCc2nc(C3CC3)no2)C1)c1ccccc1F. The molecule has 0 spiro atoms. The maximum atomic E-state index is 13.6. The van der Waals surface area contributed by atoms with Crippen LogP contribution in [0.25, 0.3) is 0 Å². The van der Waals surface area contributed by atoms with Gasteiger partial charge in [-0.2, -0.15) is 4.98 Å². The number of nitrogens with zero attached hydrogens (tertiary/aromatic N) is 3. The topological polar surface area (TPSA) is 71.6 Å². The first-order chi connectivity index (χ1) is 11.7. The van der Waals surface area contributed by atoms with Crippen molar-refractivity contribution in [3.63, 3.8) is 0 Å². The lowest BCUT2D eigenvalue weighted by Crippen LogP contribution is -2.53. The highest BCUT2D eigenvalue weighted by molar-refractivity contribution is 5.20. The second-order valence-corrected chi connectivity index (χ2v) is 6.51. The molecule has 0 bridgehead atoms. The van der Waals surface area contributed by atoms with E-state index in [2.05, 4.69) is 10.1 Å². The van der Waals surface area contributed by atoms with Gasteiger partial charge < -0.3 is 14.4 Å². The summed E-state index contributed by atoms with van der Waals surface area (Å²) in [7, 11) is 0. The fraction of sp³-hybridized carbons (Fsp3) is 0.529. The van der Waals surface area contributed by atoms with E-state index < -0.39 is 6.10 Å². The molecular weight excluding hydrogens is 313 g/mol. The van der Waals surface area contributed by atoms with Crippen LogP contribution in [-0.4, -0.2) is 45.9 Å². The first kappa shape index (κ1) is 15.7. The van der Waals surface area contributed by atoms with E-state index in [0.717, 1.165) is 18.7 Å². The zero-order valence-electron chi connectivity index (χ0n) is 13.3. The lowest BCUT2D eigenvalue weighted by molar-refractivity contribution is -0.0801. The summed E-state index contributed by atoms with van der Waals surface area (Å²) < 4.78 is 24.5. The molecule has 1 saturated carbocycles. The number of aliphatic hydroxyl groups excluding tert-OH is 1. The molecule has 0 amide bonds. The number of benzene rings is 1. The molecule has 2 aliphatic rings. The number of likely N-dealkylation sites (tertiary alicyclic amines) is 1. The Kier molecular flexibility index (Phi) is 4.30. The Morgan fingerprint density at radius 3 is 2.88 bits per heavy atom. The highest BCUT2D eigenvalue weighted by atomic mass is 19.1. The number of aromatic nitrogens is 2. The second-order valence-electron chi connectivity index (χ2n) is 6.51. The number of β-amino-alcohol motifs (C(OH)–C–C–N with tert-alkyl or cyclic N) is 1. The third-order valence-corrected chi connectivity index (χ3v) is 4.49. The maximum absolute atomic E-state index is 13.6. The van der Waals surface area contributed by atoms with E-state index in [1.807, 2.05) is 4.90 Å². The van der Waals surface area contributed by atoms with Crippen LogP contribution in [0.4, 0.5) is 4.39 Å². The highest BCUT2D eigenvalue weighted by Crippen LogP contribution is 2.38. The molecular formula is C17H20FN3O3. The first-order valence-corrected chi connectivity index (χ1v) is 8.28. The molecule has 1 unspecified atom stereocenters. The lowest BCUT2D eigenvalue weighted by atomic mass is 10.1. The van der Waals surface area contributed by atoms with E-state index in [1.54, 1.807) is 18.2 Å². The zero-order valence-corrected chi connectivity index (χ0v) is 13.3. The minimum absolute atomic E-state index is 0.0779. The Bertz CT molecular complexity index is 698. The summed E-state index contributed by atoms with van der Waals surface area (Å²) in [6, 6.07) is 6.32. The zero-order chi connectivity index (χ0) is 16.5. The van der Waals surface area contributed by atoms with Crippen molar-refractivity contribution in [2.45, 2.75) is 37.6 Å². The van der Waals surface area contributed by atoms with Gasteiger partial charge in [-0.15, -0.1) is 0 Å². The Labute approximate surface area is 139 Å². The van der Waals surface area contributed by atoms with Gasteiger partial charge in [0.05, 0.1) is 12.2 Å². The van der Waals surface area contributed by atoms with Crippen molar-refractivity contribution in [2.75, 3.05) is 19.6 Å². The molecule has 6 nitrogen and oxygen atoms in total. The molecule has 2 fully saturated rings. The average molecular weight is 333 g/mol. The van der Waals surface area contributed by atoms with Gasteiger partial charge in [0.25, 0.3) is 5.89 Å². The molecule has 2 heterocycles. The van der Waals surface area contributed by atoms with Crippen LogP contribution in [0.15, 0.2) is 28.8 Å². The van der Waals surface area contributed by atoms with Gasteiger partial charge in [0.15, 0.2) is 5.82 Å². The third-order valence-electron chi connectivity index (χ3n) is 4.49. The number of hydrogen-bond acceptors (Lipinski definition) is 6. The molecule has 1 aromatic heterocycles. The standard InChI is InChI=1S/C17H20FN3O3/c18-14-4-2-1-3-13(14)15(22)9-21-7-12(8-21)23-10-16-19-17(20-24-16)11-5-6-11/h1-4,11-12,15,22H,5-10H2. The van der Waals surface area contributed by atoms with Gasteiger partial charge in [0.1, 0.15) is 12.4 Å². The van der Waals surface area contributed by atoms with Crippen molar-refractivity contribution in [2.24, 2.45) is 0 Å². The molecule has 0 radical (unpaired) electrons. The van der Waals surface area contributed by atoms with Crippen molar-refractivity contribution in [3.05, 3.63) is 47.4 Å². The molecule has 2 aromatic rings. The smallest absolute Gasteiger partial charge is 0.252 e. The van der Waals surface area contributed by atoms with Gasteiger partial charge >= 0.3 is 0 Å². The Balaban J connectivity index is 1.19. The van der Waals surface area contributed by atoms with Gasteiger partial charge in [-0.3, -0.25) is 4.90 Å². The summed E-state index contributed by atoms with van der Waals surface area (Å²) >= 11 is 0. The minimum Gasteiger partial charge on any atom is -0.387 e. The monoisotopic (exact) mass is 333 g/mol. The summed E-state index contributed by atoms with van der Waals surface area (Å²) in [4.78, 5) is 6.35. The average Bonchev–Trinajstić information content (AvgIpc) is 3.29. The molecule has 1 aromatic carbocycles. The molecule has 4 rings (SSSR count). The number of ether oxygens (including phenoxy) is 1. The summed E-state index contributed by atoms with van der Waals surface area (Å²) in [5.41, 5.74) is 0.334. The van der Waals surface area contributed by atoms with E-state index in [1.165, 1.54) is 6.07 Å². The summed E-state index contributed by atoms with van der Waals surface area (Å²) in [5, 5.41) is 14.1. The Hall–Kier alpha value is -1.83. The quantitative estimate of drug-likeness (QED) is 0.836. The lowest BCUT2D eigenvalue weighted by Gasteiger charge is -2.39. The summed E-state index contributed by atoms with van der Waals surface area (Å²) in [6.07, 6.45) is 1.53. The fourth-order valence-electron chi connectivity index (χ4n) is 2.89. The van der Waals surface area contributed by atoms with E-state index in [0.29, 0.717) is 43.6 Å². The van der Waals surface area contributed by atoms with Crippen molar-refractivity contribution in [1.82, 2.24) is 15.0 Å². The number of aliphatic hydroxyl groups is 1. The fourth-order valence-corrected chi connectivity index (χ4v) is 2.89. The maximum Gasteiger partial charge on any atom is 0.252 e. The summed E-state index contributed by atoms with van der Waals surface area (Å²) in [6.45, 7) is 2.12. The van der Waals surface area contributed by atoms with Crippen LogP contribution in [0.3, 0.4) is 0 Å². The van der Waals surface area contributed by atoms with Crippen LogP contribution >= 0.6 is 0 Å². The van der Waals surface area contributed by atoms with Gasteiger partial charge in [-0.25, -0.2) is 4.39 Å². The van der Waals surface area contributed by atoms with Crippen molar-refractivity contribution >= 4 is 0 Å². The van der Waals surface area contributed by atoms with Gasteiger partial charge in [0, 0.05) is 31.1 Å². The molecule has 1 atom stereocenters. The predicted octanol–water partition coefficient (Wildman–Crippen LogP) is 2.02. The van der Waals surface area contributed by atoms with Crippen LogP contribution < -0.4 is 0 Å². The molecule has 128 valence electrons. The number of hydrogen-bond donors (Lipinski definition) is 1. The third kappa shape index (κ3) is 3.48. The highest BCUT2D eigenvalue weighted by Gasteiger charge is 2.31. The minimum atomic E-state index is -0.829. The van der Waals surface area contributed by atoms with Crippen molar-refractivity contribution < 1.29 is 18.8 Å². The molecule has 24 heavy (non-hydrogen) atoms. The van der Waals surface area contributed by atoms with Gasteiger partial charge in [0.2, 0.25) is 0 Å². The predicted molar refractivity (Wildman–Crippen MR) is 82.6 cm³/mol. The van der Waals surface area contributed by atoms with E-state index in [9.17, 15) is 9.50 Å². The second kappa shape index (κ2) is 6.58.